The molecular weight excluding hydrogens is 228 g/mol. The van der Waals surface area contributed by atoms with Gasteiger partial charge < -0.3 is 5.32 Å². The highest BCUT2D eigenvalue weighted by atomic mass is 32.2. The Morgan fingerprint density at radius 1 is 1.50 bits per heavy atom. The Morgan fingerprint density at radius 2 is 2.19 bits per heavy atom. The van der Waals surface area contributed by atoms with Crippen LogP contribution in [0.4, 0.5) is 5.69 Å². The molecule has 2 rings (SSSR count). The molecule has 1 aliphatic rings. The molecule has 2 heterocycles. The Kier molecular flexibility index (Phi) is 2.46. The summed E-state index contributed by atoms with van der Waals surface area (Å²) in [5.41, 5.74) is 1.02. The Morgan fingerprint density at radius 3 is 2.88 bits per heavy atom. The first-order valence-electron chi connectivity index (χ1n) is 4.91. The monoisotopic (exact) mass is 240 g/mol. The van der Waals surface area contributed by atoms with Crippen LogP contribution in [0.1, 0.15) is 12.5 Å². The molecule has 16 heavy (non-hydrogen) atoms. The number of hydrogen-bond acceptors (Lipinski definition) is 4. The van der Waals surface area contributed by atoms with Gasteiger partial charge in [0.05, 0.1) is 11.4 Å². The van der Waals surface area contributed by atoms with Gasteiger partial charge in [0.2, 0.25) is 5.91 Å². The molecule has 1 aromatic heterocycles. The zero-order chi connectivity index (χ0) is 11.9. The number of nitrogens with one attached hydrogen (secondary N) is 1. The summed E-state index contributed by atoms with van der Waals surface area (Å²) in [6.45, 7) is 3.33. The van der Waals surface area contributed by atoms with E-state index in [9.17, 15) is 13.2 Å². The van der Waals surface area contributed by atoms with E-state index in [1.165, 1.54) is 6.20 Å². The van der Waals surface area contributed by atoms with E-state index < -0.39 is 15.8 Å². The number of hydrogen-bond donors (Lipinski definition) is 1. The first-order chi connectivity index (χ1) is 7.42. The van der Waals surface area contributed by atoms with Gasteiger partial charge in [-0.25, -0.2) is 13.4 Å². The zero-order valence-corrected chi connectivity index (χ0v) is 9.84. The van der Waals surface area contributed by atoms with Gasteiger partial charge >= 0.3 is 0 Å². The third-order valence-electron chi connectivity index (χ3n) is 2.58. The summed E-state index contributed by atoms with van der Waals surface area (Å²) in [6, 6.07) is 1.67. The molecular formula is C10H12N2O3S. The number of fused-ring (bicyclic) bond motifs is 1. The molecule has 5 nitrogen and oxygen atoms in total. The van der Waals surface area contributed by atoms with Crippen LogP contribution in [0.2, 0.25) is 0 Å². The third-order valence-corrected chi connectivity index (χ3v) is 4.42. The number of rotatable bonds is 0. The number of amides is 1. The lowest BCUT2D eigenvalue weighted by molar-refractivity contribution is -0.118. The summed E-state index contributed by atoms with van der Waals surface area (Å²) < 4.78 is 23.9. The van der Waals surface area contributed by atoms with Crippen molar-refractivity contribution < 1.29 is 13.2 Å². The summed E-state index contributed by atoms with van der Waals surface area (Å²) in [4.78, 5) is 15.5. The van der Waals surface area contributed by atoms with Crippen LogP contribution in [0, 0.1) is 12.8 Å². The minimum Gasteiger partial charge on any atom is -0.323 e. The first kappa shape index (κ1) is 11.1. The highest BCUT2D eigenvalue weighted by Crippen LogP contribution is 2.28. The number of anilines is 1. The minimum absolute atomic E-state index is 0.0230. The molecule has 86 valence electrons. The highest BCUT2D eigenvalue weighted by Gasteiger charge is 2.32. The maximum absolute atomic E-state index is 11.9. The fourth-order valence-corrected chi connectivity index (χ4v) is 3.36. The molecule has 0 spiro atoms. The van der Waals surface area contributed by atoms with Crippen molar-refractivity contribution >= 4 is 21.4 Å². The molecule has 0 aromatic carbocycles. The second-order valence-electron chi connectivity index (χ2n) is 3.98. The van der Waals surface area contributed by atoms with Gasteiger partial charge in [0.1, 0.15) is 0 Å². The van der Waals surface area contributed by atoms with Gasteiger partial charge in [-0.3, -0.25) is 4.79 Å². The third kappa shape index (κ3) is 1.69. The molecule has 1 aliphatic heterocycles. The number of nitrogens with zero attached hydrogens (tertiary/aromatic N) is 1. The van der Waals surface area contributed by atoms with Gasteiger partial charge in [-0.1, -0.05) is 6.92 Å². The van der Waals surface area contributed by atoms with E-state index in [2.05, 4.69) is 10.3 Å². The second-order valence-corrected chi connectivity index (χ2v) is 5.93. The highest BCUT2D eigenvalue weighted by molar-refractivity contribution is 7.91. The van der Waals surface area contributed by atoms with E-state index >= 15 is 0 Å². The quantitative estimate of drug-likeness (QED) is 0.726. The smallest absolute Gasteiger partial charge is 0.228 e. The van der Waals surface area contributed by atoms with Gasteiger partial charge in [-0.05, 0) is 18.6 Å². The molecule has 1 amide bonds. The maximum Gasteiger partial charge on any atom is 0.228 e. The molecule has 0 saturated heterocycles. The van der Waals surface area contributed by atoms with Gasteiger partial charge in [-0.15, -0.1) is 0 Å². The van der Waals surface area contributed by atoms with Crippen LogP contribution in [0.5, 0.6) is 0 Å². The maximum atomic E-state index is 11.9. The van der Waals surface area contributed by atoms with Gasteiger partial charge in [-0.2, -0.15) is 0 Å². The molecule has 0 fully saturated rings. The average molecular weight is 240 g/mol. The number of pyridine rings is 1. The summed E-state index contributed by atoms with van der Waals surface area (Å²) in [5, 5.41) is 2.59. The van der Waals surface area contributed by atoms with Crippen molar-refractivity contribution in [3.05, 3.63) is 17.8 Å². The number of sulfone groups is 1. The van der Waals surface area contributed by atoms with Gasteiger partial charge in [0.15, 0.2) is 14.9 Å². The van der Waals surface area contributed by atoms with Crippen molar-refractivity contribution in [2.24, 2.45) is 5.92 Å². The second kappa shape index (κ2) is 3.55. The minimum atomic E-state index is -3.48. The molecule has 1 aromatic rings. The fraction of sp³-hybridized carbons (Fsp3) is 0.400. The van der Waals surface area contributed by atoms with E-state index in [1.807, 2.05) is 0 Å². The fourth-order valence-electron chi connectivity index (χ4n) is 1.65. The predicted octanol–water partition coefficient (Wildman–Crippen LogP) is 0.752. The van der Waals surface area contributed by atoms with Crippen LogP contribution in [0.15, 0.2) is 17.3 Å². The predicted molar refractivity (Wildman–Crippen MR) is 58.8 cm³/mol. The lowest BCUT2D eigenvalue weighted by Crippen LogP contribution is -2.22. The van der Waals surface area contributed by atoms with Crippen molar-refractivity contribution in [3.63, 3.8) is 0 Å². The Hall–Kier alpha value is -1.43. The molecule has 1 atom stereocenters. The summed E-state index contributed by atoms with van der Waals surface area (Å²) in [7, 11) is -3.48. The molecule has 0 aliphatic carbocycles. The van der Waals surface area contributed by atoms with E-state index in [4.69, 9.17) is 0 Å². The van der Waals surface area contributed by atoms with Crippen LogP contribution in [-0.4, -0.2) is 25.1 Å². The number of aryl methyl sites for hydroxylation is 1. The first-order valence-corrected chi connectivity index (χ1v) is 6.56. The lowest BCUT2D eigenvalue weighted by atomic mass is 10.2. The number of carbonyl (C=O) groups is 1. The van der Waals surface area contributed by atoms with Gasteiger partial charge in [0, 0.05) is 12.1 Å². The van der Waals surface area contributed by atoms with Gasteiger partial charge in [0.25, 0.3) is 0 Å². The largest absolute Gasteiger partial charge is 0.323 e. The molecule has 0 radical (unpaired) electrons. The molecule has 0 bridgehead atoms. The average Bonchev–Trinajstić information content (AvgIpc) is 2.26. The summed E-state index contributed by atoms with van der Waals surface area (Å²) >= 11 is 0. The van der Waals surface area contributed by atoms with Crippen LogP contribution in [0.3, 0.4) is 0 Å². The summed E-state index contributed by atoms with van der Waals surface area (Å²) in [6.07, 6.45) is 1.44. The Labute approximate surface area is 93.8 Å². The molecule has 0 saturated carbocycles. The van der Waals surface area contributed by atoms with Crippen molar-refractivity contribution in [1.82, 2.24) is 4.98 Å². The molecule has 6 heteroatoms. The van der Waals surface area contributed by atoms with Crippen molar-refractivity contribution in [2.75, 3.05) is 11.1 Å². The Bertz CT molecular complexity index is 551. The lowest BCUT2D eigenvalue weighted by Gasteiger charge is -2.08. The van der Waals surface area contributed by atoms with E-state index in [-0.39, 0.29) is 16.7 Å². The molecule has 1 unspecified atom stereocenters. The van der Waals surface area contributed by atoms with E-state index in [0.29, 0.717) is 11.3 Å². The van der Waals surface area contributed by atoms with Crippen LogP contribution in [0.25, 0.3) is 0 Å². The van der Waals surface area contributed by atoms with Crippen molar-refractivity contribution in [2.45, 2.75) is 18.9 Å². The van der Waals surface area contributed by atoms with Crippen LogP contribution >= 0.6 is 0 Å². The topological polar surface area (TPSA) is 76.1 Å². The van der Waals surface area contributed by atoms with E-state index in [0.717, 1.165) is 0 Å². The van der Waals surface area contributed by atoms with Crippen LogP contribution < -0.4 is 5.32 Å². The summed E-state index contributed by atoms with van der Waals surface area (Å²) in [5.74, 6) is -1.03. The number of aromatic nitrogens is 1. The normalized spacial score (nSPS) is 23.1. The molecule has 1 N–H and O–H groups in total. The number of carbonyl (C=O) groups excluding carboxylic acids is 1. The Balaban J connectivity index is 2.70. The van der Waals surface area contributed by atoms with Crippen molar-refractivity contribution in [1.29, 1.82) is 0 Å². The van der Waals surface area contributed by atoms with Crippen LogP contribution in [-0.2, 0) is 14.6 Å². The zero-order valence-electron chi connectivity index (χ0n) is 9.02. The van der Waals surface area contributed by atoms with Crippen molar-refractivity contribution in [3.8, 4) is 0 Å². The van der Waals surface area contributed by atoms with E-state index in [1.54, 1.807) is 19.9 Å². The standard InChI is InChI=1S/C10H12N2O3S/c1-6-3-4-11-10-8(6)12-9(13)7(2)5-16(10,14)15/h3-4,7H,5H2,1-2H3,(H,12,13). The SMILES string of the molecule is Cc1ccnc2c1NC(=O)C(C)CS2(=O)=O.